The van der Waals surface area contributed by atoms with Gasteiger partial charge in [0.2, 0.25) is 0 Å². The first-order chi connectivity index (χ1) is 14.0. The molecule has 3 aliphatic rings. The average Bonchev–Trinajstić information content (AvgIpc) is 3.00. The second kappa shape index (κ2) is 9.30. The lowest BCUT2D eigenvalue weighted by Gasteiger charge is -2.44. The summed E-state index contributed by atoms with van der Waals surface area (Å²) in [5, 5.41) is 30.2. The number of hydrogen-bond donors (Lipinski definition) is 3. The van der Waals surface area contributed by atoms with Gasteiger partial charge in [0.05, 0.1) is 17.8 Å². The number of aliphatic hydroxyl groups excluding tert-OH is 2. The first-order valence-corrected chi connectivity index (χ1v) is 12.2. The highest BCUT2D eigenvalue weighted by Gasteiger charge is 2.50. The van der Waals surface area contributed by atoms with Crippen LogP contribution in [-0.4, -0.2) is 33.1 Å². The molecule has 0 spiro atoms. The van der Waals surface area contributed by atoms with Crippen molar-refractivity contribution in [2.75, 3.05) is 0 Å². The second-order valence-corrected chi connectivity index (χ2v) is 11.3. The molecule has 0 aromatic heterocycles. The van der Waals surface area contributed by atoms with E-state index in [2.05, 4.69) is 45.1 Å². The zero-order valence-electron chi connectivity index (χ0n) is 19.8. The van der Waals surface area contributed by atoms with Crippen molar-refractivity contribution in [1.82, 2.24) is 0 Å². The van der Waals surface area contributed by atoms with E-state index < -0.39 is 17.8 Å². The molecule has 0 amide bonds. The maximum atomic E-state index is 10.2. The number of aliphatic hydroxyl groups is 3. The summed E-state index contributed by atoms with van der Waals surface area (Å²) in [7, 11) is 0. The summed E-state index contributed by atoms with van der Waals surface area (Å²) in [6, 6.07) is 0. The van der Waals surface area contributed by atoms with Crippen LogP contribution in [0.4, 0.5) is 0 Å². The maximum absolute atomic E-state index is 10.2. The molecule has 1 unspecified atom stereocenters. The van der Waals surface area contributed by atoms with Gasteiger partial charge >= 0.3 is 0 Å². The largest absolute Gasteiger partial charge is 0.393 e. The topological polar surface area (TPSA) is 60.7 Å². The zero-order chi connectivity index (χ0) is 22.1. The van der Waals surface area contributed by atoms with E-state index in [1.165, 1.54) is 37.7 Å². The van der Waals surface area contributed by atoms with E-state index in [9.17, 15) is 15.3 Å². The maximum Gasteiger partial charge on any atom is 0.0651 e. The Balaban J connectivity index is 1.73. The van der Waals surface area contributed by atoms with Gasteiger partial charge in [0.15, 0.2) is 0 Å². The van der Waals surface area contributed by atoms with Gasteiger partial charge in [-0.3, -0.25) is 0 Å². The molecular formula is C27H44O3. The van der Waals surface area contributed by atoms with Crippen LogP contribution in [0.2, 0.25) is 0 Å². The Bertz CT molecular complexity index is 671. The quantitative estimate of drug-likeness (QED) is 0.514. The monoisotopic (exact) mass is 416 g/mol. The van der Waals surface area contributed by atoms with Gasteiger partial charge in [0.25, 0.3) is 0 Å². The lowest BCUT2D eigenvalue weighted by atomic mass is 9.61. The lowest BCUT2D eigenvalue weighted by Crippen LogP contribution is -2.35. The SMILES string of the molecule is C[C@H](C=C[C@H](C)C(C)(C)O)[C@H]1CCC2C(=CC=C3C[C@@H](O)C[C@H](O)C3)CCC[C@@]21C. The first-order valence-electron chi connectivity index (χ1n) is 12.2. The van der Waals surface area contributed by atoms with Crippen LogP contribution in [-0.2, 0) is 0 Å². The summed E-state index contributed by atoms with van der Waals surface area (Å²) in [4.78, 5) is 0. The predicted molar refractivity (Wildman–Crippen MR) is 124 cm³/mol. The minimum absolute atomic E-state index is 0.152. The van der Waals surface area contributed by atoms with Gasteiger partial charge < -0.3 is 15.3 Å². The standard InChI is InChI=1S/C27H44O3/c1-18(8-9-19(2)26(3,4)30)24-12-13-25-21(7-6-14-27(24,25)5)11-10-20-15-22(28)17-23(29)16-20/h8-11,18-19,22-25,28-30H,6-7,12-17H2,1-5H3/t18-,19+,22-,23-,24-,25?,27-/m1/s1. The molecule has 170 valence electrons. The summed E-state index contributed by atoms with van der Waals surface area (Å²) < 4.78 is 0. The van der Waals surface area contributed by atoms with E-state index in [4.69, 9.17) is 0 Å². The van der Waals surface area contributed by atoms with E-state index in [1.54, 1.807) is 5.57 Å². The molecule has 0 saturated heterocycles. The third-order valence-corrected chi connectivity index (χ3v) is 8.56. The van der Waals surface area contributed by atoms with E-state index in [0.717, 1.165) is 0 Å². The normalized spacial score (nSPS) is 38.7. The smallest absolute Gasteiger partial charge is 0.0651 e. The molecule has 0 heterocycles. The van der Waals surface area contributed by atoms with Crippen molar-refractivity contribution in [3.05, 3.63) is 35.5 Å². The summed E-state index contributed by atoms with van der Waals surface area (Å²) in [5.74, 6) is 2.00. The van der Waals surface area contributed by atoms with Gasteiger partial charge in [-0.25, -0.2) is 0 Å². The second-order valence-electron chi connectivity index (χ2n) is 11.3. The first kappa shape index (κ1) is 23.8. The van der Waals surface area contributed by atoms with Crippen LogP contribution in [0.25, 0.3) is 0 Å². The van der Waals surface area contributed by atoms with Crippen molar-refractivity contribution < 1.29 is 15.3 Å². The Labute approximate surface area is 184 Å². The Morgan fingerprint density at radius 2 is 1.70 bits per heavy atom. The third kappa shape index (κ3) is 5.29. The molecule has 0 aromatic carbocycles. The minimum Gasteiger partial charge on any atom is -0.393 e. The summed E-state index contributed by atoms with van der Waals surface area (Å²) in [5.41, 5.74) is 2.43. The van der Waals surface area contributed by atoms with Crippen LogP contribution < -0.4 is 0 Å². The number of fused-ring (bicyclic) bond motifs is 1. The Hall–Kier alpha value is -0.900. The van der Waals surface area contributed by atoms with Crippen LogP contribution in [0.1, 0.15) is 86.0 Å². The number of hydrogen-bond acceptors (Lipinski definition) is 3. The van der Waals surface area contributed by atoms with E-state index >= 15 is 0 Å². The summed E-state index contributed by atoms with van der Waals surface area (Å²) in [6.45, 7) is 10.7. The molecular weight excluding hydrogens is 372 g/mol. The molecule has 0 aliphatic heterocycles. The van der Waals surface area contributed by atoms with Crippen molar-refractivity contribution in [2.24, 2.45) is 29.1 Å². The molecule has 7 atom stereocenters. The average molecular weight is 417 g/mol. The highest BCUT2D eigenvalue weighted by Crippen LogP contribution is 2.59. The molecule has 0 radical (unpaired) electrons. The van der Waals surface area contributed by atoms with Crippen LogP contribution in [0.5, 0.6) is 0 Å². The molecule has 0 bridgehead atoms. The summed E-state index contributed by atoms with van der Waals surface area (Å²) >= 11 is 0. The van der Waals surface area contributed by atoms with Crippen LogP contribution in [0.3, 0.4) is 0 Å². The molecule has 3 aliphatic carbocycles. The van der Waals surface area contributed by atoms with Gasteiger partial charge in [-0.15, -0.1) is 0 Å². The van der Waals surface area contributed by atoms with Crippen molar-refractivity contribution in [3.8, 4) is 0 Å². The van der Waals surface area contributed by atoms with E-state index in [0.29, 0.717) is 42.4 Å². The third-order valence-electron chi connectivity index (χ3n) is 8.56. The van der Waals surface area contributed by atoms with Crippen molar-refractivity contribution >= 4 is 0 Å². The Morgan fingerprint density at radius 3 is 2.33 bits per heavy atom. The highest BCUT2D eigenvalue weighted by molar-refractivity contribution is 5.26. The van der Waals surface area contributed by atoms with Crippen molar-refractivity contribution in [2.45, 2.75) is 104 Å². The minimum atomic E-state index is -0.674. The van der Waals surface area contributed by atoms with Gasteiger partial charge in [0.1, 0.15) is 0 Å². The molecule has 3 fully saturated rings. The molecule has 3 heteroatoms. The highest BCUT2D eigenvalue weighted by atomic mass is 16.3. The zero-order valence-corrected chi connectivity index (χ0v) is 19.8. The van der Waals surface area contributed by atoms with E-state index in [-0.39, 0.29) is 5.92 Å². The lowest BCUT2D eigenvalue weighted by molar-refractivity contribution is 0.0436. The van der Waals surface area contributed by atoms with Crippen molar-refractivity contribution in [3.63, 3.8) is 0 Å². The number of allylic oxidation sites excluding steroid dienone is 4. The van der Waals surface area contributed by atoms with Gasteiger partial charge in [-0.05, 0) is 88.4 Å². The summed E-state index contributed by atoms with van der Waals surface area (Å²) in [6.07, 6.45) is 16.5. The van der Waals surface area contributed by atoms with E-state index in [1.807, 2.05) is 13.8 Å². The van der Waals surface area contributed by atoms with Crippen LogP contribution in [0.15, 0.2) is 35.5 Å². The number of rotatable bonds is 5. The molecule has 3 rings (SSSR count). The Morgan fingerprint density at radius 1 is 1.03 bits per heavy atom. The molecule has 3 nitrogen and oxygen atoms in total. The fourth-order valence-corrected chi connectivity index (χ4v) is 6.39. The fourth-order valence-electron chi connectivity index (χ4n) is 6.39. The predicted octanol–water partition coefficient (Wildman–Crippen LogP) is 5.56. The fraction of sp³-hybridized carbons (Fsp3) is 0.778. The van der Waals surface area contributed by atoms with Gasteiger partial charge in [-0.2, -0.15) is 0 Å². The van der Waals surface area contributed by atoms with Crippen LogP contribution >= 0.6 is 0 Å². The van der Waals surface area contributed by atoms with Crippen molar-refractivity contribution in [1.29, 1.82) is 0 Å². The molecule has 0 aromatic rings. The molecule has 30 heavy (non-hydrogen) atoms. The molecule has 3 saturated carbocycles. The van der Waals surface area contributed by atoms with Gasteiger partial charge in [-0.1, -0.05) is 56.2 Å². The molecule has 3 N–H and O–H groups in total. The Kier molecular flexibility index (Phi) is 7.37. The van der Waals surface area contributed by atoms with Gasteiger partial charge in [0, 0.05) is 5.92 Å². The van der Waals surface area contributed by atoms with Crippen LogP contribution in [0, 0.1) is 29.1 Å².